The number of amidine groups is 1. The van der Waals surface area contributed by atoms with Crippen LogP contribution in [-0.2, 0) is 0 Å². The van der Waals surface area contributed by atoms with Crippen LogP contribution in [0.5, 0.6) is 0 Å². The number of fused-ring (bicyclic) bond motifs is 1. The molecule has 2 nitrogen and oxygen atoms in total. The molecule has 102 valence electrons. The highest BCUT2D eigenvalue weighted by Crippen LogP contribution is 2.37. The fourth-order valence-corrected chi connectivity index (χ4v) is 4.53. The highest BCUT2D eigenvalue weighted by atomic mass is 15.2. The van der Waals surface area contributed by atoms with Gasteiger partial charge in [-0.15, -0.1) is 0 Å². The van der Waals surface area contributed by atoms with Crippen molar-refractivity contribution in [2.75, 3.05) is 6.54 Å². The number of piperidine rings is 1. The van der Waals surface area contributed by atoms with Crippen LogP contribution in [0.15, 0.2) is 0 Å². The molecule has 2 heteroatoms. The molecular weight excluding hydrogens is 220 g/mol. The molecule has 3 aliphatic rings. The Kier molecular flexibility index (Phi) is 3.91. The SMILES string of the molecule is N=C(C1CCCCC1)N1CCCC2CCCCC21. The molecule has 0 aromatic heterocycles. The summed E-state index contributed by atoms with van der Waals surface area (Å²) in [6, 6.07) is 0.738. The molecule has 1 saturated heterocycles. The fourth-order valence-electron chi connectivity index (χ4n) is 4.53. The molecule has 2 atom stereocenters. The molecule has 2 unspecified atom stereocenters. The van der Waals surface area contributed by atoms with E-state index in [0.717, 1.165) is 17.8 Å². The number of nitrogens with zero attached hydrogens (tertiary/aromatic N) is 1. The van der Waals surface area contributed by atoms with Gasteiger partial charge in [0, 0.05) is 18.5 Å². The molecule has 2 saturated carbocycles. The third kappa shape index (κ3) is 2.44. The van der Waals surface area contributed by atoms with Crippen molar-refractivity contribution in [1.82, 2.24) is 4.90 Å². The third-order valence-corrected chi connectivity index (χ3v) is 5.54. The van der Waals surface area contributed by atoms with Gasteiger partial charge in [-0.3, -0.25) is 5.41 Å². The van der Waals surface area contributed by atoms with Crippen molar-refractivity contribution in [1.29, 1.82) is 5.41 Å². The summed E-state index contributed by atoms with van der Waals surface area (Å²) in [5, 5.41) is 8.63. The van der Waals surface area contributed by atoms with E-state index in [1.54, 1.807) is 0 Å². The van der Waals surface area contributed by atoms with Gasteiger partial charge in [-0.1, -0.05) is 32.1 Å². The topological polar surface area (TPSA) is 27.1 Å². The molecule has 2 aliphatic carbocycles. The van der Waals surface area contributed by atoms with Crippen LogP contribution in [0.3, 0.4) is 0 Å². The summed E-state index contributed by atoms with van der Waals surface area (Å²) >= 11 is 0. The molecule has 18 heavy (non-hydrogen) atoms. The summed E-state index contributed by atoms with van der Waals surface area (Å²) in [7, 11) is 0. The Morgan fingerprint density at radius 1 is 0.778 bits per heavy atom. The van der Waals surface area contributed by atoms with Gasteiger partial charge < -0.3 is 4.90 Å². The van der Waals surface area contributed by atoms with E-state index in [4.69, 9.17) is 5.41 Å². The number of nitrogens with one attached hydrogen (secondary N) is 1. The minimum atomic E-state index is 0.597. The maximum Gasteiger partial charge on any atom is 0.0992 e. The number of likely N-dealkylation sites (tertiary alicyclic amines) is 1. The van der Waals surface area contributed by atoms with Crippen molar-refractivity contribution < 1.29 is 0 Å². The van der Waals surface area contributed by atoms with E-state index in [2.05, 4.69) is 4.90 Å². The molecule has 0 radical (unpaired) electrons. The van der Waals surface area contributed by atoms with Crippen LogP contribution < -0.4 is 0 Å². The van der Waals surface area contributed by atoms with Crippen LogP contribution in [0.1, 0.15) is 70.6 Å². The quantitative estimate of drug-likeness (QED) is 0.546. The molecule has 1 aliphatic heterocycles. The molecule has 1 heterocycles. The lowest BCUT2D eigenvalue weighted by molar-refractivity contribution is 0.112. The van der Waals surface area contributed by atoms with E-state index in [0.29, 0.717) is 5.92 Å². The van der Waals surface area contributed by atoms with Crippen molar-refractivity contribution in [3.63, 3.8) is 0 Å². The molecule has 0 spiro atoms. The molecule has 0 aromatic carbocycles. The predicted molar refractivity (Wildman–Crippen MR) is 76.0 cm³/mol. The van der Waals surface area contributed by atoms with Crippen LogP contribution in [0, 0.1) is 17.2 Å². The first-order chi connectivity index (χ1) is 8.86. The lowest BCUT2D eigenvalue weighted by Gasteiger charge is -2.47. The smallest absolute Gasteiger partial charge is 0.0992 e. The highest BCUT2D eigenvalue weighted by molar-refractivity contribution is 5.82. The summed E-state index contributed by atoms with van der Waals surface area (Å²) in [5.41, 5.74) is 0. The normalized spacial score (nSPS) is 34.1. The van der Waals surface area contributed by atoms with E-state index in [1.165, 1.54) is 77.2 Å². The van der Waals surface area contributed by atoms with E-state index < -0.39 is 0 Å². The van der Waals surface area contributed by atoms with Crippen molar-refractivity contribution in [3.8, 4) is 0 Å². The van der Waals surface area contributed by atoms with Gasteiger partial charge in [-0.05, 0) is 44.4 Å². The second kappa shape index (κ2) is 5.63. The van der Waals surface area contributed by atoms with E-state index in [9.17, 15) is 0 Å². The Labute approximate surface area is 112 Å². The van der Waals surface area contributed by atoms with Gasteiger partial charge in [-0.25, -0.2) is 0 Å². The lowest BCUT2D eigenvalue weighted by atomic mass is 9.77. The van der Waals surface area contributed by atoms with Crippen LogP contribution >= 0.6 is 0 Å². The minimum Gasteiger partial charge on any atom is -0.357 e. The summed E-state index contributed by atoms with van der Waals surface area (Å²) in [5.74, 6) is 2.53. The molecular formula is C16H28N2. The van der Waals surface area contributed by atoms with Crippen molar-refractivity contribution in [2.24, 2.45) is 11.8 Å². The first-order valence-corrected chi connectivity index (χ1v) is 8.21. The molecule has 1 N–H and O–H groups in total. The second-order valence-electron chi connectivity index (χ2n) is 6.67. The van der Waals surface area contributed by atoms with E-state index in [-0.39, 0.29) is 0 Å². The average molecular weight is 248 g/mol. The average Bonchev–Trinajstić information content (AvgIpc) is 2.47. The van der Waals surface area contributed by atoms with Gasteiger partial charge in [0.05, 0.1) is 5.84 Å². The zero-order chi connectivity index (χ0) is 12.4. The zero-order valence-electron chi connectivity index (χ0n) is 11.7. The van der Waals surface area contributed by atoms with Crippen LogP contribution in [0.25, 0.3) is 0 Å². The fraction of sp³-hybridized carbons (Fsp3) is 0.938. The highest BCUT2D eigenvalue weighted by Gasteiger charge is 2.36. The number of rotatable bonds is 1. The summed E-state index contributed by atoms with van der Waals surface area (Å²) < 4.78 is 0. The largest absolute Gasteiger partial charge is 0.357 e. The molecule has 3 fully saturated rings. The Balaban J connectivity index is 1.67. The van der Waals surface area contributed by atoms with Crippen LogP contribution in [0.2, 0.25) is 0 Å². The predicted octanol–water partition coefficient (Wildman–Crippen LogP) is 4.20. The monoisotopic (exact) mass is 248 g/mol. The Morgan fingerprint density at radius 3 is 2.28 bits per heavy atom. The number of hydrogen-bond acceptors (Lipinski definition) is 1. The summed E-state index contributed by atoms with van der Waals surface area (Å²) in [6.07, 6.45) is 15.1. The Hall–Kier alpha value is -0.530. The van der Waals surface area contributed by atoms with Gasteiger partial charge in [0.1, 0.15) is 0 Å². The summed E-state index contributed by atoms with van der Waals surface area (Å²) in [4.78, 5) is 2.53. The summed E-state index contributed by atoms with van der Waals surface area (Å²) in [6.45, 7) is 1.18. The maximum atomic E-state index is 8.63. The van der Waals surface area contributed by atoms with Gasteiger partial charge in [0.2, 0.25) is 0 Å². The van der Waals surface area contributed by atoms with Crippen molar-refractivity contribution >= 4 is 5.84 Å². The third-order valence-electron chi connectivity index (χ3n) is 5.54. The van der Waals surface area contributed by atoms with Gasteiger partial charge in [0.15, 0.2) is 0 Å². The van der Waals surface area contributed by atoms with E-state index in [1.807, 2.05) is 0 Å². The number of hydrogen-bond donors (Lipinski definition) is 1. The van der Waals surface area contributed by atoms with Gasteiger partial charge >= 0.3 is 0 Å². The first kappa shape index (κ1) is 12.5. The van der Waals surface area contributed by atoms with Crippen molar-refractivity contribution in [2.45, 2.75) is 76.7 Å². The van der Waals surface area contributed by atoms with E-state index >= 15 is 0 Å². The minimum absolute atomic E-state index is 0.597. The van der Waals surface area contributed by atoms with Gasteiger partial charge in [-0.2, -0.15) is 0 Å². The Bertz CT molecular complexity index is 291. The second-order valence-corrected chi connectivity index (χ2v) is 6.67. The molecule has 3 rings (SSSR count). The standard InChI is InChI=1S/C16H28N2/c17-16(14-8-2-1-3-9-14)18-12-6-10-13-7-4-5-11-15(13)18/h13-15,17H,1-12H2. The molecule has 0 aromatic rings. The van der Waals surface area contributed by atoms with Crippen LogP contribution in [0.4, 0.5) is 0 Å². The molecule has 0 amide bonds. The van der Waals surface area contributed by atoms with Gasteiger partial charge in [0.25, 0.3) is 0 Å². The van der Waals surface area contributed by atoms with Crippen LogP contribution in [-0.4, -0.2) is 23.3 Å². The molecule has 0 bridgehead atoms. The first-order valence-electron chi connectivity index (χ1n) is 8.21. The Morgan fingerprint density at radius 2 is 1.44 bits per heavy atom. The van der Waals surface area contributed by atoms with Crippen molar-refractivity contribution in [3.05, 3.63) is 0 Å². The lowest BCUT2D eigenvalue weighted by Crippen LogP contribution is -2.51. The zero-order valence-corrected chi connectivity index (χ0v) is 11.7. The maximum absolute atomic E-state index is 8.63.